The Morgan fingerprint density at radius 3 is 2.74 bits per heavy atom. The van der Waals surface area contributed by atoms with Crippen molar-refractivity contribution in [3.63, 3.8) is 0 Å². The van der Waals surface area contributed by atoms with E-state index in [0.717, 1.165) is 37.7 Å². The number of hydrogen-bond donors (Lipinski definition) is 1. The van der Waals surface area contributed by atoms with Gasteiger partial charge in [0.15, 0.2) is 0 Å². The molecule has 1 atom stereocenters. The second-order valence-electron chi connectivity index (χ2n) is 5.18. The molecule has 19 heavy (non-hydrogen) atoms. The number of pyridine rings is 1. The summed E-state index contributed by atoms with van der Waals surface area (Å²) in [6.07, 6.45) is 7.68. The van der Waals surface area contributed by atoms with E-state index in [0.29, 0.717) is 12.4 Å². The summed E-state index contributed by atoms with van der Waals surface area (Å²) in [5.41, 5.74) is 0.322. The maximum absolute atomic E-state index is 10.6. The molecule has 1 aromatic heterocycles. The smallest absolute Gasteiger partial charge is 0.137 e. The Balaban J connectivity index is 2.15. The maximum Gasteiger partial charge on any atom is 0.137 e. The molecule has 1 fully saturated rings. The fraction of sp³-hybridized carbons (Fsp3) is 0.667. The maximum atomic E-state index is 10.6. The third kappa shape index (κ3) is 3.07. The molecule has 1 unspecified atom stereocenters. The molecular weight excluding hydrogens is 242 g/mol. The number of aliphatic hydroxyl groups excluding tert-OH is 1. The van der Waals surface area contributed by atoms with E-state index in [1.54, 1.807) is 19.5 Å². The van der Waals surface area contributed by atoms with Crippen LogP contribution in [0.2, 0.25) is 0 Å². The van der Waals surface area contributed by atoms with Gasteiger partial charge in [-0.3, -0.25) is 4.98 Å². The molecule has 4 nitrogen and oxygen atoms in total. The largest absolute Gasteiger partial charge is 0.492 e. The van der Waals surface area contributed by atoms with Gasteiger partial charge in [-0.2, -0.15) is 0 Å². The van der Waals surface area contributed by atoms with E-state index >= 15 is 0 Å². The fourth-order valence-electron chi connectivity index (χ4n) is 2.75. The van der Waals surface area contributed by atoms with E-state index in [2.05, 4.69) is 11.9 Å². The summed E-state index contributed by atoms with van der Waals surface area (Å²) in [7, 11) is 1.68. The summed E-state index contributed by atoms with van der Waals surface area (Å²) in [5.74, 6) is 0.711. The summed E-state index contributed by atoms with van der Waals surface area (Å²) in [6.45, 7) is 2.72. The first-order valence-corrected chi connectivity index (χ1v) is 7.03. The minimum atomic E-state index is -0.641. The Hall–Kier alpha value is -1.13. The van der Waals surface area contributed by atoms with Crippen molar-refractivity contribution in [2.45, 2.75) is 50.7 Å². The van der Waals surface area contributed by atoms with Crippen LogP contribution in [0.4, 0.5) is 0 Å². The molecule has 1 aromatic rings. The van der Waals surface area contributed by atoms with E-state index in [-0.39, 0.29) is 0 Å². The van der Waals surface area contributed by atoms with Gasteiger partial charge in [0, 0.05) is 18.9 Å². The average molecular weight is 265 g/mol. The summed E-state index contributed by atoms with van der Waals surface area (Å²) < 4.78 is 11.2. The summed E-state index contributed by atoms with van der Waals surface area (Å²) in [5, 5.41) is 10.6. The molecule has 0 spiro atoms. The van der Waals surface area contributed by atoms with Crippen LogP contribution >= 0.6 is 0 Å². The molecule has 1 heterocycles. The van der Waals surface area contributed by atoms with Gasteiger partial charge in [-0.15, -0.1) is 0 Å². The molecule has 4 heteroatoms. The van der Waals surface area contributed by atoms with Crippen LogP contribution in [0.5, 0.6) is 5.75 Å². The van der Waals surface area contributed by atoms with Crippen LogP contribution in [-0.4, -0.2) is 29.4 Å². The zero-order valence-electron chi connectivity index (χ0n) is 11.8. The monoisotopic (exact) mass is 265 g/mol. The number of ether oxygens (including phenoxy) is 2. The van der Waals surface area contributed by atoms with Crippen LogP contribution in [0.1, 0.15) is 50.7 Å². The SMILES string of the molecule is CCCOc1cncc(C(O)C2(OC)CCCC2)c1. The first-order valence-electron chi connectivity index (χ1n) is 7.03. The van der Waals surface area contributed by atoms with Gasteiger partial charge in [0.05, 0.1) is 18.4 Å². The molecule has 0 amide bonds. The van der Waals surface area contributed by atoms with E-state index in [4.69, 9.17) is 9.47 Å². The highest BCUT2D eigenvalue weighted by Gasteiger charge is 2.41. The van der Waals surface area contributed by atoms with Gasteiger partial charge in [-0.25, -0.2) is 0 Å². The van der Waals surface area contributed by atoms with Crippen LogP contribution < -0.4 is 4.74 Å². The third-order valence-corrected chi connectivity index (χ3v) is 3.88. The topological polar surface area (TPSA) is 51.6 Å². The van der Waals surface area contributed by atoms with Gasteiger partial charge < -0.3 is 14.6 Å². The standard InChI is InChI=1S/C15H23NO3/c1-3-8-19-13-9-12(10-16-11-13)14(17)15(18-2)6-4-5-7-15/h9-11,14,17H,3-8H2,1-2H3. The number of hydrogen-bond acceptors (Lipinski definition) is 4. The molecule has 1 N–H and O–H groups in total. The third-order valence-electron chi connectivity index (χ3n) is 3.88. The van der Waals surface area contributed by atoms with Gasteiger partial charge in [0.2, 0.25) is 0 Å². The van der Waals surface area contributed by atoms with Gasteiger partial charge in [-0.1, -0.05) is 19.8 Å². The van der Waals surface area contributed by atoms with Crippen molar-refractivity contribution in [3.05, 3.63) is 24.0 Å². The quantitative estimate of drug-likeness (QED) is 0.859. The molecule has 0 saturated heterocycles. The Bertz CT molecular complexity index is 402. The van der Waals surface area contributed by atoms with Crippen molar-refractivity contribution in [3.8, 4) is 5.75 Å². The second-order valence-corrected chi connectivity index (χ2v) is 5.18. The Labute approximate surface area is 114 Å². The molecule has 0 bridgehead atoms. The zero-order chi connectivity index (χ0) is 13.7. The lowest BCUT2D eigenvalue weighted by Crippen LogP contribution is -2.35. The fourth-order valence-corrected chi connectivity index (χ4v) is 2.75. The normalized spacial score (nSPS) is 19.3. The molecule has 106 valence electrons. The van der Waals surface area contributed by atoms with Crippen molar-refractivity contribution in [2.24, 2.45) is 0 Å². The average Bonchev–Trinajstić information content (AvgIpc) is 2.94. The predicted octanol–water partition coefficient (Wildman–Crippen LogP) is 2.86. The second kappa shape index (κ2) is 6.35. The zero-order valence-corrected chi connectivity index (χ0v) is 11.8. The van der Waals surface area contributed by atoms with Crippen molar-refractivity contribution >= 4 is 0 Å². The molecular formula is C15H23NO3. The highest BCUT2D eigenvalue weighted by Crippen LogP contribution is 2.42. The van der Waals surface area contributed by atoms with Crippen LogP contribution in [-0.2, 0) is 4.74 Å². The minimum absolute atomic E-state index is 0.453. The molecule has 0 aromatic carbocycles. The summed E-state index contributed by atoms with van der Waals surface area (Å²) in [4.78, 5) is 4.15. The molecule has 2 rings (SSSR count). The lowest BCUT2D eigenvalue weighted by atomic mass is 9.90. The molecule has 1 aliphatic carbocycles. The minimum Gasteiger partial charge on any atom is -0.492 e. The highest BCUT2D eigenvalue weighted by atomic mass is 16.5. The van der Waals surface area contributed by atoms with Crippen molar-refractivity contribution in [1.29, 1.82) is 0 Å². The number of rotatable bonds is 6. The number of nitrogens with zero attached hydrogens (tertiary/aromatic N) is 1. The summed E-state index contributed by atoms with van der Waals surface area (Å²) >= 11 is 0. The van der Waals surface area contributed by atoms with Crippen LogP contribution in [0.25, 0.3) is 0 Å². The number of aliphatic hydroxyl groups is 1. The predicted molar refractivity (Wildman–Crippen MR) is 73.2 cm³/mol. The van der Waals surface area contributed by atoms with Gasteiger partial charge in [0.25, 0.3) is 0 Å². The number of aromatic nitrogens is 1. The van der Waals surface area contributed by atoms with E-state index in [9.17, 15) is 5.11 Å². The van der Waals surface area contributed by atoms with Gasteiger partial charge >= 0.3 is 0 Å². The Morgan fingerprint density at radius 2 is 2.11 bits per heavy atom. The van der Waals surface area contributed by atoms with E-state index in [1.807, 2.05) is 6.07 Å². The van der Waals surface area contributed by atoms with Crippen molar-refractivity contribution in [1.82, 2.24) is 4.98 Å². The molecule has 1 saturated carbocycles. The van der Waals surface area contributed by atoms with Gasteiger partial charge in [0.1, 0.15) is 11.9 Å². The highest BCUT2D eigenvalue weighted by molar-refractivity contribution is 5.27. The van der Waals surface area contributed by atoms with Crippen LogP contribution in [0.3, 0.4) is 0 Å². The number of methoxy groups -OCH3 is 1. The van der Waals surface area contributed by atoms with Gasteiger partial charge in [-0.05, 0) is 25.3 Å². The molecule has 0 aliphatic heterocycles. The van der Waals surface area contributed by atoms with Crippen LogP contribution in [0, 0.1) is 0 Å². The van der Waals surface area contributed by atoms with E-state index in [1.165, 1.54) is 0 Å². The first-order chi connectivity index (χ1) is 9.22. The lowest BCUT2D eigenvalue weighted by Gasteiger charge is -2.33. The van der Waals surface area contributed by atoms with Crippen molar-refractivity contribution in [2.75, 3.05) is 13.7 Å². The Morgan fingerprint density at radius 1 is 1.37 bits per heavy atom. The van der Waals surface area contributed by atoms with Crippen LogP contribution in [0.15, 0.2) is 18.5 Å². The lowest BCUT2D eigenvalue weighted by molar-refractivity contribution is -0.100. The molecule has 0 radical (unpaired) electrons. The van der Waals surface area contributed by atoms with Crippen molar-refractivity contribution < 1.29 is 14.6 Å². The molecule has 1 aliphatic rings. The summed E-state index contributed by atoms with van der Waals surface area (Å²) in [6, 6.07) is 1.87. The van der Waals surface area contributed by atoms with E-state index < -0.39 is 11.7 Å². The Kier molecular flexibility index (Phi) is 4.77. The first kappa shape index (κ1) is 14.3.